The second-order valence-electron chi connectivity index (χ2n) is 4.82. The van der Waals surface area contributed by atoms with Gasteiger partial charge >= 0.3 is 5.97 Å². The number of hydrogen-bond acceptors (Lipinski definition) is 3. The minimum atomic E-state index is -1.07. The molecule has 5 heteroatoms. The molecule has 0 unspecified atom stereocenters. The predicted octanol–water partition coefficient (Wildman–Crippen LogP) is 2.46. The number of carbonyl (C=O) groups is 2. The summed E-state index contributed by atoms with van der Waals surface area (Å²) in [6.45, 7) is 1.80. The SMILES string of the molecule is Cc1ccc(NC(=O)Cc2cccc(N)c2)c(C(=O)O)c1. The van der Waals surface area contributed by atoms with Gasteiger partial charge in [0.25, 0.3) is 0 Å². The molecule has 0 atom stereocenters. The summed E-state index contributed by atoms with van der Waals surface area (Å²) in [5.74, 6) is -1.36. The van der Waals surface area contributed by atoms with E-state index in [2.05, 4.69) is 5.32 Å². The third kappa shape index (κ3) is 3.82. The Balaban J connectivity index is 2.15. The number of aromatic carboxylic acids is 1. The zero-order valence-corrected chi connectivity index (χ0v) is 11.6. The van der Waals surface area contributed by atoms with Crippen LogP contribution < -0.4 is 11.1 Å². The van der Waals surface area contributed by atoms with Crippen molar-refractivity contribution in [3.05, 3.63) is 59.2 Å². The fourth-order valence-corrected chi connectivity index (χ4v) is 2.03. The highest BCUT2D eigenvalue weighted by Gasteiger charge is 2.13. The molecule has 0 heterocycles. The summed E-state index contributed by atoms with van der Waals surface area (Å²) in [4.78, 5) is 23.2. The van der Waals surface area contributed by atoms with Gasteiger partial charge in [0.1, 0.15) is 0 Å². The van der Waals surface area contributed by atoms with Crippen LogP contribution in [0.25, 0.3) is 0 Å². The first kappa shape index (κ1) is 14.6. The molecule has 0 radical (unpaired) electrons. The quantitative estimate of drug-likeness (QED) is 0.752. The molecule has 0 aliphatic rings. The van der Waals surface area contributed by atoms with Crippen molar-refractivity contribution in [3.63, 3.8) is 0 Å². The van der Waals surface area contributed by atoms with Crippen LogP contribution in [-0.4, -0.2) is 17.0 Å². The molecule has 0 spiro atoms. The Bertz CT molecular complexity index is 696. The molecule has 0 fully saturated rings. The topological polar surface area (TPSA) is 92.4 Å². The second kappa shape index (κ2) is 6.09. The van der Waals surface area contributed by atoms with Gasteiger partial charge in [-0.1, -0.05) is 23.8 Å². The van der Waals surface area contributed by atoms with E-state index in [9.17, 15) is 9.59 Å². The van der Waals surface area contributed by atoms with Crippen LogP contribution in [0.2, 0.25) is 0 Å². The van der Waals surface area contributed by atoms with Gasteiger partial charge in [0.15, 0.2) is 0 Å². The first-order valence-corrected chi connectivity index (χ1v) is 6.44. The van der Waals surface area contributed by atoms with E-state index in [0.29, 0.717) is 11.4 Å². The minimum absolute atomic E-state index is 0.0796. The van der Waals surface area contributed by atoms with E-state index in [-0.39, 0.29) is 17.9 Å². The number of aryl methyl sites for hydroxylation is 1. The van der Waals surface area contributed by atoms with Gasteiger partial charge in [0.2, 0.25) is 5.91 Å². The van der Waals surface area contributed by atoms with E-state index in [1.807, 2.05) is 0 Å². The zero-order chi connectivity index (χ0) is 15.4. The standard InChI is InChI=1S/C16H16N2O3/c1-10-5-6-14(13(7-10)16(20)21)18-15(19)9-11-3-2-4-12(17)8-11/h2-8H,9,17H2,1H3,(H,18,19)(H,20,21). The van der Waals surface area contributed by atoms with Crippen LogP contribution in [0.5, 0.6) is 0 Å². The fourth-order valence-electron chi connectivity index (χ4n) is 2.03. The monoisotopic (exact) mass is 284 g/mol. The van der Waals surface area contributed by atoms with Crippen molar-refractivity contribution < 1.29 is 14.7 Å². The highest BCUT2D eigenvalue weighted by Crippen LogP contribution is 2.18. The molecule has 2 aromatic carbocycles. The van der Waals surface area contributed by atoms with E-state index < -0.39 is 5.97 Å². The van der Waals surface area contributed by atoms with Gasteiger partial charge in [0, 0.05) is 5.69 Å². The molecular weight excluding hydrogens is 268 g/mol. The Labute approximate surface area is 122 Å². The number of hydrogen-bond donors (Lipinski definition) is 3. The number of benzene rings is 2. The van der Waals surface area contributed by atoms with Crippen molar-refractivity contribution in [2.45, 2.75) is 13.3 Å². The maximum atomic E-state index is 12.0. The van der Waals surface area contributed by atoms with E-state index in [0.717, 1.165) is 11.1 Å². The molecule has 1 amide bonds. The number of nitrogens with two attached hydrogens (primary N) is 1. The van der Waals surface area contributed by atoms with Crippen molar-refractivity contribution in [1.82, 2.24) is 0 Å². The number of amides is 1. The van der Waals surface area contributed by atoms with Gasteiger partial charge in [-0.2, -0.15) is 0 Å². The van der Waals surface area contributed by atoms with E-state index >= 15 is 0 Å². The highest BCUT2D eigenvalue weighted by atomic mass is 16.4. The molecule has 0 aliphatic heterocycles. The van der Waals surface area contributed by atoms with E-state index in [4.69, 9.17) is 10.8 Å². The lowest BCUT2D eigenvalue weighted by Crippen LogP contribution is -2.17. The van der Waals surface area contributed by atoms with Crippen molar-refractivity contribution in [2.24, 2.45) is 0 Å². The Hall–Kier alpha value is -2.82. The first-order chi connectivity index (χ1) is 9.95. The van der Waals surface area contributed by atoms with Gasteiger partial charge in [-0.15, -0.1) is 0 Å². The Morgan fingerprint density at radius 3 is 2.62 bits per heavy atom. The summed E-state index contributed by atoms with van der Waals surface area (Å²) >= 11 is 0. The smallest absolute Gasteiger partial charge is 0.337 e. The number of anilines is 2. The number of carboxylic acid groups (broad SMARTS) is 1. The average molecular weight is 284 g/mol. The van der Waals surface area contributed by atoms with E-state index in [1.165, 1.54) is 6.07 Å². The fraction of sp³-hybridized carbons (Fsp3) is 0.125. The van der Waals surface area contributed by atoms with Crippen molar-refractivity contribution in [3.8, 4) is 0 Å². The van der Waals surface area contributed by atoms with Gasteiger partial charge in [-0.3, -0.25) is 4.79 Å². The number of nitrogens with one attached hydrogen (secondary N) is 1. The lowest BCUT2D eigenvalue weighted by molar-refractivity contribution is -0.115. The molecule has 5 nitrogen and oxygen atoms in total. The van der Waals surface area contributed by atoms with Crippen LogP contribution in [-0.2, 0) is 11.2 Å². The normalized spacial score (nSPS) is 10.1. The Morgan fingerprint density at radius 1 is 1.19 bits per heavy atom. The summed E-state index contributed by atoms with van der Waals surface area (Å²) in [6.07, 6.45) is 0.137. The molecule has 0 bridgehead atoms. The maximum absolute atomic E-state index is 12.0. The van der Waals surface area contributed by atoms with Crippen LogP contribution >= 0.6 is 0 Å². The summed E-state index contributed by atoms with van der Waals surface area (Å²) < 4.78 is 0. The zero-order valence-electron chi connectivity index (χ0n) is 11.6. The van der Waals surface area contributed by atoms with Gasteiger partial charge in [0.05, 0.1) is 17.7 Å². The summed E-state index contributed by atoms with van der Waals surface area (Å²) in [6, 6.07) is 11.9. The minimum Gasteiger partial charge on any atom is -0.478 e. The molecule has 0 saturated heterocycles. The third-order valence-corrected chi connectivity index (χ3v) is 3.00. The van der Waals surface area contributed by atoms with Crippen molar-refractivity contribution in [1.29, 1.82) is 0 Å². The highest BCUT2D eigenvalue weighted by molar-refractivity contribution is 6.01. The Morgan fingerprint density at radius 2 is 1.95 bits per heavy atom. The molecule has 4 N–H and O–H groups in total. The van der Waals surface area contributed by atoms with Crippen molar-refractivity contribution >= 4 is 23.3 Å². The van der Waals surface area contributed by atoms with E-state index in [1.54, 1.807) is 43.3 Å². The molecule has 2 aromatic rings. The molecule has 21 heavy (non-hydrogen) atoms. The molecule has 2 rings (SSSR count). The van der Waals surface area contributed by atoms with Crippen LogP contribution in [0.1, 0.15) is 21.5 Å². The van der Waals surface area contributed by atoms with Crippen LogP contribution in [0.15, 0.2) is 42.5 Å². The lowest BCUT2D eigenvalue weighted by atomic mass is 10.1. The lowest BCUT2D eigenvalue weighted by Gasteiger charge is -2.09. The number of nitrogen functional groups attached to an aromatic ring is 1. The average Bonchev–Trinajstić information content (AvgIpc) is 2.40. The molecule has 0 aliphatic carbocycles. The molecule has 0 saturated carbocycles. The largest absolute Gasteiger partial charge is 0.478 e. The third-order valence-electron chi connectivity index (χ3n) is 3.00. The van der Waals surface area contributed by atoms with Crippen LogP contribution in [0.4, 0.5) is 11.4 Å². The van der Waals surface area contributed by atoms with Crippen molar-refractivity contribution in [2.75, 3.05) is 11.1 Å². The van der Waals surface area contributed by atoms with Crippen LogP contribution in [0.3, 0.4) is 0 Å². The summed E-state index contributed by atoms with van der Waals surface area (Å²) in [5, 5.41) is 11.8. The second-order valence-corrected chi connectivity index (χ2v) is 4.82. The van der Waals surface area contributed by atoms with Gasteiger partial charge in [-0.05, 0) is 36.8 Å². The number of carboxylic acids is 1. The van der Waals surface area contributed by atoms with Crippen LogP contribution in [0, 0.1) is 6.92 Å². The maximum Gasteiger partial charge on any atom is 0.337 e. The molecular formula is C16H16N2O3. The number of rotatable bonds is 4. The predicted molar refractivity (Wildman–Crippen MR) is 81.3 cm³/mol. The summed E-state index contributed by atoms with van der Waals surface area (Å²) in [7, 11) is 0. The Kier molecular flexibility index (Phi) is 4.23. The number of carbonyl (C=O) groups excluding carboxylic acids is 1. The summed E-state index contributed by atoms with van der Waals surface area (Å²) in [5.41, 5.74) is 8.21. The molecule has 0 aromatic heterocycles. The first-order valence-electron chi connectivity index (χ1n) is 6.44. The molecule has 108 valence electrons. The van der Waals surface area contributed by atoms with Gasteiger partial charge in [-0.25, -0.2) is 4.79 Å². The van der Waals surface area contributed by atoms with Gasteiger partial charge < -0.3 is 16.2 Å².